The van der Waals surface area contributed by atoms with Crippen LogP contribution in [0.1, 0.15) is 30.4 Å². The molecule has 0 atom stereocenters. The molecule has 2 aliphatic rings. The molecule has 1 aromatic heterocycles. The number of halogens is 1. The zero-order chi connectivity index (χ0) is 22.1. The fraction of sp³-hybridized carbons (Fsp3) is 0.231. The molecule has 5 nitrogen and oxygen atoms in total. The van der Waals surface area contributed by atoms with Crippen molar-refractivity contribution in [3.05, 3.63) is 77.8 Å². The Bertz CT molecular complexity index is 1240. The number of fused-ring (bicyclic) bond motifs is 1. The average molecular weight is 429 g/mol. The Morgan fingerprint density at radius 1 is 1.06 bits per heavy atom. The van der Waals surface area contributed by atoms with Crippen LogP contribution in [0.25, 0.3) is 22.6 Å². The van der Waals surface area contributed by atoms with Crippen LogP contribution in [0.15, 0.2) is 60.8 Å². The fourth-order valence-electron chi connectivity index (χ4n) is 4.44. The number of aromatic amines is 1. The summed E-state index contributed by atoms with van der Waals surface area (Å²) in [7, 11) is 0. The van der Waals surface area contributed by atoms with Crippen molar-refractivity contribution in [2.45, 2.75) is 19.3 Å². The van der Waals surface area contributed by atoms with E-state index in [-0.39, 0.29) is 17.6 Å². The van der Waals surface area contributed by atoms with Gasteiger partial charge in [0.05, 0.1) is 0 Å². The van der Waals surface area contributed by atoms with Gasteiger partial charge in [0.25, 0.3) is 0 Å². The van der Waals surface area contributed by atoms with Gasteiger partial charge < -0.3 is 14.8 Å². The lowest BCUT2D eigenvalue weighted by atomic mass is 9.99. The molecule has 2 aliphatic heterocycles. The van der Waals surface area contributed by atoms with Crippen LogP contribution in [0.4, 0.5) is 10.1 Å². The number of amides is 2. The molecule has 0 bridgehead atoms. The van der Waals surface area contributed by atoms with Crippen LogP contribution in [0.3, 0.4) is 0 Å². The number of H-pyrrole nitrogens is 1. The lowest BCUT2D eigenvalue weighted by Crippen LogP contribution is -2.33. The molecule has 6 heteroatoms. The molecule has 2 aromatic carbocycles. The average Bonchev–Trinajstić information content (AvgIpc) is 3.43. The number of aromatic nitrogens is 1. The quantitative estimate of drug-likeness (QED) is 0.608. The van der Waals surface area contributed by atoms with Gasteiger partial charge >= 0.3 is 0 Å². The number of anilines is 1. The van der Waals surface area contributed by atoms with E-state index in [1.165, 1.54) is 17.7 Å². The third-order valence-corrected chi connectivity index (χ3v) is 6.21. The molecule has 1 fully saturated rings. The lowest BCUT2D eigenvalue weighted by Gasteiger charge is -2.25. The van der Waals surface area contributed by atoms with E-state index in [9.17, 15) is 14.0 Å². The first-order valence-electron chi connectivity index (χ1n) is 10.9. The zero-order valence-corrected chi connectivity index (χ0v) is 17.7. The molecule has 2 amide bonds. The van der Waals surface area contributed by atoms with Crippen LogP contribution in [-0.4, -0.2) is 41.3 Å². The number of nitrogens with one attached hydrogen (secondary N) is 1. The molecule has 1 saturated heterocycles. The van der Waals surface area contributed by atoms with Crippen molar-refractivity contribution in [2.24, 2.45) is 0 Å². The monoisotopic (exact) mass is 429 g/mol. The van der Waals surface area contributed by atoms with Gasteiger partial charge in [0.1, 0.15) is 5.82 Å². The molecule has 1 N–H and O–H groups in total. The van der Waals surface area contributed by atoms with E-state index in [4.69, 9.17) is 0 Å². The van der Waals surface area contributed by atoms with Crippen molar-refractivity contribution in [3.8, 4) is 0 Å². The summed E-state index contributed by atoms with van der Waals surface area (Å²) in [5, 5.41) is 0.997. The highest BCUT2D eigenvalue weighted by molar-refractivity contribution is 5.96. The number of carbonyl (C=O) groups excluding carboxylic acids is 2. The Kier molecular flexibility index (Phi) is 5.35. The number of benzene rings is 2. The second-order valence-electron chi connectivity index (χ2n) is 8.23. The summed E-state index contributed by atoms with van der Waals surface area (Å²) in [6, 6.07) is 12.5. The summed E-state index contributed by atoms with van der Waals surface area (Å²) >= 11 is 0. The Morgan fingerprint density at radius 3 is 2.62 bits per heavy atom. The van der Waals surface area contributed by atoms with Gasteiger partial charge in [-0.15, -0.1) is 0 Å². The minimum Gasteiger partial charge on any atom is -0.360 e. The van der Waals surface area contributed by atoms with Crippen LogP contribution < -0.4 is 4.90 Å². The molecule has 0 unspecified atom stereocenters. The summed E-state index contributed by atoms with van der Waals surface area (Å²) in [6.07, 6.45) is 9.66. The summed E-state index contributed by atoms with van der Waals surface area (Å²) < 4.78 is 13.4. The standard InChI is InChI=1S/C26H24FN3O2/c27-20-6-9-22-23(17-28-24(22)16-20)19-11-14-29(15-12-19)25(31)10-5-18-3-7-21(8-4-18)30-13-1-2-26(30)32/h3-11,16-17,28H,1-2,12-15H2/b10-5+. The summed E-state index contributed by atoms with van der Waals surface area (Å²) in [4.78, 5) is 31.3. The molecule has 0 saturated carbocycles. The Morgan fingerprint density at radius 2 is 1.91 bits per heavy atom. The van der Waals surface area contributed by atoms with Crippen molar-refractivity contribution in [3.63, 3.8) is 0 Å². The second-order valence-corrected chi connectivity index (χ2v) is 8.23. The van der Waals surface area contributed by atoms with E-state index in [2.05, 4.69) is 11.1 Å². The van der Waals surface area contributed by atoms with E-state index in [0.717, 1.165) is 47.1 Å². The normalized spacial score (nSPS) is 16.9. The fourth-order valence-corrected chi connectivity index (χ4v) is 4.44. The van der Waals surface area contributed by atoms with Crippen molar-refractivity contribution < 1.29 is 14.0 Å². The maximum atomic E-state index is 13.4. The molecular weight excluding hydrogens is 405 g/mol. The summed E-state index contributed by atoms with van der Waals surface area (Å²) in [5.41, 5.74) is 4.85. The van der Waals surface area contributed by atoms with E-state index in [0.29, 0.717) is 19.5 Å². The van der Waals surface area contributed by atoms with Crippen molar-refractivity contribution in [2.75, 3.05) is 24.5 Å². The topological polar surface area (TPSA) is 56.4 Å². The summed E-state index contributed by atoms with van der Waals surface area (Å²) in [5.74, 6) is -0.118. The number of hydrogen-bond donors (Lipinski definition) is 1. The maximum absolute atomic E-state index is 13.4. The zero-order valence-electron chi connectivity index (χ0n) is 17.7. The van der Waals surface area contributed by atoms with Gasteiger partial charge in [0.2, 0.25) is 11.8 Å². The van der Waals surface area contributed by atoms with Crippen molar-refractivity contribution in [1.82, 2.24) is 9.88 Å². The largest absolute Gasteiger partial charge is 0.360 e. The van der Waals surface area contributed by atoms with E-state index < -0.39 is 0 Å². The highest BCUT2D eigenvalue weighted by Gasteiger charge is 2.21. The molecule has 0 radical (unpaired) electrons. The smallest absolute Gasteiger partial charge is 0.246 e. The highest BCUT2D eigenvalue weighted by atomic mass is 19.1. The third kappa shape index (κ3) is 3.96. The Hall–Kier alpha value is -3.67. The number of hydrogen-bond acceptors (Lipinski definition) is 2. The highest BCUT2D eigenvalue weighted by Crippen LogP contribution is 2.29. The van der Waals surface area contributed by atoms with Crippen molar-refractivity contribution in [1.29, 1.82) is 0 Å². The third-order valence-electron chi connectivity index (χ3n) is 6.21. The van der Waals surface area contributed by atoms with Crippen LogP contribution >= 0.6 is 0 Å². The number of rotatable bonds is 4. The van der Waals surface area contributed by atoms with Crippen LogP contribution in [0.2, 0.25) is 0 Å². The second kappa shape index (κ2) is 8.46. The van der Waals surface area contributed by atoms with E-state index >= 15 is 0 Å². The number of carbonyl (C=O) groups is 2. The van der Waals surface area contributed by atoms with Crippen LogP contribution in [-0.2, 0) is 9.59 Å². The van der Waals surface area contributed by atoms with Crippen LogP contribution in [0, 0.1) is 5.82 Å². The molecule has 0 aliphatic carbocycles. The van der Waals surface area contributed by atoms with Gasteiger partial charge in [-0.05, 0) is 60.4 Å². The Labute approximate surface area is 185 Å². The van der Waals surface area contributed by atoms with Gasteiger partial charge in [-0.3, -0.25) is 9.59 Å². The first kappa shape index (κ1) is 20.2. The van der Waals surface area contributed by atoms with Gasteiger partial charge in [0, 0.05) is 60.5 Å². The molecule has 162 valence electrons. The summed E-state index contributed by atoms with van der Waals surface area (Å²) in [6.45, 7) is 1.95. The minimum absolute atomic E-state index is 0.0277. The van der Waals surface area contributed by atoms with Gasteiger partial charge in [-0.25, -0.2) is 4.39 Å². The number of nitrogens with zero attached hydrogens (tertiary/aromatic N) is 2. The Balaban J connectivity index is 1.22. The predicted octanol–water partition coefficient (Wildman–Crippen LogP) is 4.76. The maximum Gasteiger partial charge on any atom is 0.246 e. The lowest BCUT2D eigenvalue weighted by molar-refractivity contribution is -0.125. The van der Waals surface area contributed by atoms with E-state index in [1.807, 2.05) is 41.4 Å². The van der Waals surface area contributed by atoms with Gasteiger partial charge in [-0.2, -0.15) is 0 Å². The first-order valence-corrected chi connectivity index (χ1v) is 10.9. The molecule has 5 rings (SSSR count). The van der Waals surface area contributed by atoms with Crippen molar-refractivity contribution >= 4 is 40.1 Å². The minimum atomic E-state index is -0.258. The molecule has 3 aromatic rings. The predicted molar refractivity (Wildman–Crippen MR) is 124 cm³/mol. The molecule has 0 spiro atoms. The van der Waals surface area contributed by atoms with Gasteiger partial charge in [-0.1, -0.05) is 18.2 Å². The molecule has 3 heterocycles. The van der Waals surface area contributed by atoms with Gasteiger partial charge in [0.15, 0.2) is 0 Å². The van der Waals surface area contributed by atoms with E-state index in [1.54, 1.807) is 17.0 Å². The van der Waals surface area contributed by atoms with Crippen LogP contribution in [0.5, 0.6) is 0 Å². The molecular formula is C26H24FN3O2. The SMILES string of the molecule is O=C(/C=C/c1ccc(N2CCCC2=O)cc1)N1CC=C(c2c[nH]c3cc(F)ccc23)CC1. The first-order chi connectivity index (χ1) is 15.6. The molecule has 32 heavy (non-hydrogen) atoms.